The van der Waals surface area contributed by atoms with Crippen molar-refractivity contribution in [1.29, 1.82) is 0 Å². The number of hydrogen-bond donors (Lipinski definition) is 0. The summed E-state index contributed by atoms with van der Waals surface area (Å²) in [5.74, 6) is 1.84. The minimum Gasteiger partial charge on any atom is -0.353 e. The molecule has 0 radical (unpaired) electrons. The van der Waals surface area contributed by atoms with Crippen molar-refractivity contribution >= 4 is 17.5 Å². The van der Waals surface area contributed by atoms with Gasteiger partial charge in [0.2, 0.25) is 0 Å². The van der Waals surface area contributed by atoms with Crippen LogP contribution >= 0.6 is 0 Å². The van der Waals surface area contributed by atoms with Crippen molar-refractivity contribution in [3.8, 4) is 0 Å². The molecule has 7 heteroatoms. The van der Waals surface area contributed by atoms with Gasteiger partial charge in [-0.2, -0.15) is 0 Å². The number of anilines is 2. The van der Waals surface area contributed by atoms with Crippen molar-refractivity contribution in [2.45, 2.75) is 12.8 Å². The van der Waals surface area contributed by atoms with Crippen molar-refractivity contribution in [3.05, 3.63) is 42.2 Å². The van der Waals surface area contributed by atoms with Gasteiger partial charge >= 0.3 is 0 Å². The molecule has 2 aromatic heterocycles. The Morgan fingerprint density at radius 1 is 0.800 bits per heavy atom. The Labute approximate surface area is 147 Å². The zero-order valence-electron chi connectivity index (χ0n) is 14.2. The normalized spacial score (nSPS) is 17.8. The highest BCUT2D eigenvalue weighted by Gasteiger charge is 2.22. The lowest BCUT2D eigenvalue weighted by Gasteiger charge is -2.35. The zero-order chi connectivity index (χ0) is 17.1. The quantitative estimate of drug-likeness (QED) is 0.844. The van der Waals surface area contributed by atoms with Gasteiger partial charge in [0, 0.05) is 45.5 Å². The third-order valence-corrected chi connectivity index (χ3v) is 4.84. The fourth-order valence-electron chi connectivity index (χ4n) is 3.40. The Bertz CT molecular complexity index is 706. The molecule has 0 aliphatic carbocycles. The first-order chi connectivity index (χ1) is 12.3. The smallest absolute Gasteiger partial charge is 0.274 e. The summed E-state index contributed by atoms with van der Waals surface area (Å²) >= 11 is 0. The first-order valence-electron chi connectivity index (χ1n) is 8.85. The maximum atomic E-state index is 12.3. The van der Waals surface area contributed by atoms with E-state index in [1.807, 2.05) is 35.4 Å². The van der Waals surface area contributed by atoms with Gasteiger partial charge in [-0.15, -0.1) is 10.2 Å². The summed E-state index contributed by atoms with van der Waals surface area (Å²) in [4.78, 5) is 23.1. The largest absolute Gasteiger partial charge is 0.353 e. The second-order valence-corrected chi connectivity index (χ2v) is 6.44. The van der Waals surface area contributed by atoms with Crippen molar-refractivity contribution in [1.82, 2.24) is 20.1 Å². The average Bonchev–Trinajstić information content (AvgIpc) is 3.23. The Morgan fingerprint density at radius 3 is 2.12 bits per heavy atom. The highest BCUT2D eigenvalue weighted by Crippen LogP contribution is 2.18. The molecule has 2 fully saturated rings. The number of carbonyl (C=O) groups is 1. The zero-order valence-corrected chi connectivity index (χ0v) is 14.2. The van der Waals surface area contributed by atoms with E-state index in [0.29, 0.717) is 5.69 Å². The minimum absolute atomic E-state index is 0.00322. The van der Waals surface area contributed by atoms with E-state index in [-0.39, 0.29) is 5.91 Å². The summed E-state index contributed by atoms with van der Waals surface area (Å²) in [5.41, 5.74) is 0.442. The highest BCUT2D eigenvalue weighted by molar-refractivity contribution is 5.92. The van der Waals surface area contributed by atoms with Gasteiger partial charge in [0.15, 0.2) is 11.5 Å². The fraction of sp³-hybridized carbons (Fsp3) is 0.444. The number of rotatable bonds is 3. The van der Waals surface area contributed by atoms with Crippen LogP contribution < -0.4 is 9.80 Å². The van der Waals surface area contributed by atoms with Gasteiger partial charge < -0.3 is 14.7 Å². The molecule has 0 unspecified atom stereocenters. The molecule has 2 aromatic rings. The summed E-state index contributed by atoms with van der Waals surface area (Å²) in [6, 6.07) is 9.69. The van der Waals surface area contributed by atoms with Crippen LogP contribution in [0.2, 0.25) is 0 Å². The standard InChI is InChI=1S/C18H22N6O/c25-18(24-9-3-4-10-24)15-6-7-17(21-20-15)23-13-11-22(12-14-23)16-5-1-2-8-19-16/h1-2,5-8H,3-4,9-14H2. The topological polar surface area (TPSA) is 65.5 Å². The van der Waals surface area contributed by atoms with E-state index < -0.39 is 0 Å². The Kier molecular flexibility index (Phi) is 4.45. The van der Waals surface area contributed by atoms with Crippen LogP contribution in [0.25, 0.3) is 0 Å². The molecule has 0 N–H and O–H groups in total. The van der Waals surface area contributed by atoms with Crippen molar-refractivity contribution in [2.75, 3.05) is 49.1 Å². The lowest BCUT2D eigenvalue weighted by Crippen LogP contribution is -2.47. The van der Waals surface area contributed by atoms with Gasteiger partial charge in [0.1, 0.15) is 5.82 Å². The van der Waals surface area contributed by atoms with Gasteiger partial charge in [0.25, 0.3) is 5.91 Å². The number of carbonyl (C=O) groups excluding carboxylic acids is 1. The maximum absolute atomic E-state index is 12.3. The molecule has 4 heterocycles. The van der Waals surface area contributed by atoms with Crippen LogP contribution in [0.1, 0.15) is 23.3 Å². The summed E-state index contributed by atoms with van der Waals surface area (Å²) in [5, 5.41) is 8.45. The molecule has 0 bridgehead atoms. The Morgan fingerprint density at radius 2 is 1.52 bits per heavy atom. The summed E-state index contributed by atoms with van der Waals surface area (Å²) < 4.78 is 0. The first kappa shape index (κ1) is 15.8. The van der Waals surface area contributed by atoms with E-state index in [0.717, 1.165) is 63.7 Å². The van der Waals surface area contributed by atoms with E-state index in [4.69, 9.17) is 0 Å². The SMILES string of the molecule is O=C(c1ccc(N2CCN(c3ccccn3)CC2)nn1)N1CCCC1. The van der Waals surface area contributed by atoms with Crippen molar-refractivity contribution in [2.24, 2.45) is 0 Å². The molecule has 130 valence electrons. The molecule has 0 saturated carbocycles. The monoisotopic (exact) mass is 338 g/mol. The van der Waals surface area contributed by atoms with Gasteiger partial charge in [0.05, 0.1) is 0 Å². The van der Waals surface area contributed by atoms with Gasteiger partial charge in [-0.25, -0.2) is 4.98 Å². The molecule has 4 rings (SSSR count). The Hall–Kier alpha value is -2.70. The molecule has 25 heavy (non-hydrogen) atoms. The van der Waals surface area contributed by atoms with E-state index in [1.165, 1.54) is 0 Å². The molecular formula is C18H22N6O. The van der Waals surface area contributed by atoms with Crippen LogP contribution in [0, 0.1) is 0 Å². The third kappa shape index (κ3) is 3.40. The Balaban J connectivity index is 1.37. The van der Waals surface area contributed by atoms with Crippen LogP contribution in [-0.4, -0.2) is 65.3 Å². The first-order valence-corrected chi connectivity index (χ1v) is 8.85. The summed E-state index contributed by atoms with van der Waals surface area (Å²) in [7, 11) is 0. The van der Waals surface area contributed by atoms with Crippen LogP contribution in [0.5, 0.6) is 0 Å². The van der Waals surface area contributed by atoms with Crippen molar-refractivity contribution in [3.63, 3.8) is 0 Å². The van der Waals surface area contributed by atoms with E-state index in [9.17, 15) is 4.79 Å². The predicted octanol–water partition coefficient (Wildman–Crippen LogP) is 1.43. The maximum Gasteiger partial charge on any atom is 0.274 e. The number of pyridine rings is 1. The highest BCUT2D eigenvalue weighted by atomic mass is 16.2. The molecule has 1 amide bonds. The van der Waals surface area contributed by atoms with Gasteiger partial charge in [-0.1, -0.05) is 6.07 Å². The summed E-state index contributed by atoms with van der Waals surface area (Å²) in [6.07, 6.45) is 3.99. The lowest BCUT2D eigenvalue weighted by molar-refractivity contribution is 0.0786. The second-order valence-electron chi connectivity index (χ2n) is 6.44. The number of nitrogens with zero attached hydrogens (tertiary/aromatic N) is 6. The van der Waals surface area contributed by atoms with Gasteiger partial charge in [-0.05, 0) is 37.1 Å². The van der Waals surface area contributed by atoms with E-state index in [2.05, 4.69) is 25.0 Å². The van der Waals surface area contributed by atoms with E-state index in [1.54, 1.807) is 6.07 Å². The minimum atomic E-state index is -0.00322. The molecule has 2 aliphatic heterocycles. The number of hydrogen-bond acceptors (Lipinski definition) is 6. The average molecular weight is 338 g/mol. The molecule has 0 aromatic carbocycles. The van der Waals surface area contributed by atoms with E-state index >= 15 is 0 Å². The second kappa shape index (κ2) is 7.04. The number of aromatic nitrogens is 3. The molecule has 0 spiro atoms. The van der Waals surface area contributed by atoms with Crippen molar-refractivity contribution < 1.29 is 4.79 Å². The fourth-order valence-corrected chi connectivity index (χ4v) is 3.40. The number of likely N-dealkylation sites (tertiary alicyclic amines) is 1. The number of amides is 1. The van der Waals surface area contributed by atoms with Crippen LogP contribution in [0.3, 0.4) is 0 Å². The molecule has 2 saturated heterocycles. The molecular weight excluding hydrogens is 316 g/mol. The van der Waals surface area contributed by atoms with Crippen LogP contribution in [0.4, 0.5) is 11.6 Å². The molecule has 2 aliphatic rings. The molecule has 7 nitrogen and oxygen atoms in total. The van der Waals surface area contributed by atoms with Gasteiger partial charge in [-0.3, -0.25) is 4.79 Å². The third-order valence-electron chi connectivity index (χ3n) is 4.84. The molecule has 0 atom stereocenters. The predicted molar refractivity (Wildman–Crippen MR) is 95.8 cm³/mol. The van der Waals surface area contributed by atoms with Crippen LogP contribution in [0.15, 0.2) is 36.5 Å². The number of piperazine rings is 1. The lowest BCUT2D eigenvalue weighted by atomic mass is 10.3. The summed E-state index contributed by atoms with van der Waals surface area (Å²) in [6.45, 7) is 5.19. The van der Waals surface area contributed by atoms with Crippen LogP contribution in [-0.2, 0) is 0 Å².